The molecule has 0 spiro atoms. The molecule has 2 fully saturated rings. The van der Waals surface area contributed by atoms with Gasteiger partial charge < -0.3 is 10.4 Å². The lowest BCUT2D eigenvalue weighted by Gasteiger charge is -2.42. The molecule has 0 radical (unpaired) electrons. The summed E-state index contributed by atoms with van der Waals surface area (Å²) in [7, 11) is 0. The molecule has 0 aliphatic heterocycles. The number of aliphatic carboxylic acids is 1. The fraction of sp³-hybridized carbons (Fsp3) is 0.529. The number of nitrogens with one attached hydrogen (secondary N) is 1. The highest BCUT2D eigenvalue weighted by molar-refractivity contribution is 9.10. The van der Waals surface area contributed by atoms with Crippen molar-refractivity contribution in [2.45, 2.75) is 37.8 Å². The van der Waals surface area contributed by atoms with Crippen molar-refractivity contribution in [3.05, 3.63) is 34.1 Å². The first kappa shape index (κ1) is 17.4. The van der Waals surface area contributed by atoms with Gasteiger partial charge in [0.2, 0.25) is 0 Å². The van der Waals surface area contributed by atoms with E-state index in [4.69, 9.17) is 5.11 Å². The predicted molar refractivity (Wildman–Crippen MR) is 90.3 cm³/mol. The molecular weight excluding hydrogens is 379 g/mol. The summed E-state index contributed by atoms with van der Waals surface area (Å²) >= 11 is 3.18. The maximum atomic E-state index is 13.4. The molecule has 1 amide bonds. The maximum absolute atomic E-state index is 13.4. The van der Waals surface area contributed by atoms with Crippen LogP contribution in [0.5, 0.6) is 0 Å². The summed E-state index contributed by atoms with van der Waals surface area (Å²) in [5.41, 5.74) is 0.283. The van der Waals surface area contributed by atoms with Gasteiger partial charge in [0.1, 0.15) is 5.82 Å². The average molecular weight is 399 g/mol. The Balaban J connectivity index is 1.51. The van der Waals surface area contributed by atoms with Gasteiger partial charge in [-0.15, -0.1) is 0 Å². The maximum Gasteiger partial charge on any atom is 0.317 e. The Morgan fingerprint density at radius 2 is 2.00 bits per heavy atom. The Morgan fingerprint density at radius 1 is 1.29 bits per heavy atom. The number of amides is 1. The second kappa shape index (κ2) is 7.19. The van der Waals surface area contributed by atoms with E-state index in [-0.39, 0.29) is 30.1 Å². The number of carboxylic acid groups (broad SMARTS) is 1. The molecule has 2 aliphatic rings. The van der Waals surface area contributed by atoms with Crippen molar-refractivity contribution in [3.8, 4) is 0 Å². The van der Waals surface area contributed by atoms with Crippen LogP contribution in [0, 0.1) is 11.7 Å². The quantitative estimate of drug-likeness (QED) is 0.740. The zero-order valence-corrected chi connectivity index (χ0v) is 14.8. The highest BCUT2D eigenvalue weighted by atomic mass is 79.9. The van der Waals surface area contributed by atoms with E-state index in [9.17, 15) is 14.0 Å². The highest BCUT2D eigenvalue weighted by Gasteiger charge is 2.37. The standard InChI is InChI=1S/C17H20BrFN2O3/c18-12-3-11(4-13(19)5-12)17(24)20-14-6-15(7-14)21(9-16(22)23)8-10-1-2-10/h3-5,10,14-15H,1-2,6-9H2,(H,20,24)(H,22,23). The lowest BCUT2D eigenvalue weighted by atomic mass is 9.85. The molecular formula is C17H20BrFN2O3. The van der Waals surface area contributed by atoms with Gasteiger partial charge >= 0.3 is 5.97 Å². The first-order chi connectivity index (χ1) is 11.4. The van der Waals surface area contributed by atoms with Crippen LogP contribution in [0.4, 0.5) is 4.39 Å². The van der Waals surface area contributed by atoms with Crippen LogP contribution in [0.3, 0.4) is 0 Å². The molecule has 24 heavy (non-hydrogen) atoms. The van der Waals surface area contributed by atoms with Crippen LogP contribution in [0.25, 0.3) is 0 Å². The Morgan fingerprint density at radius 3 is 2.58 bits per heavy atom. The highest BCUT2D eigenvalue weighted by Crippen LogP contribution is 2.33. The van der Waals surface area contributed by atoms with Gasteiger partial charge in [-0.1, -0.05) is 15.9 Å². The molecule has 5 nitrogen and oxygen atoms in total. The number of halogens is 2. The number of carbonyl (C=O) groups is 2. The van der Waals surface area contributed by atoms with E-state index in [2.05, 4.69) is 21.2 Å². The summed E-state index contributed by atoms with van der Waals surface area (Å²) in [5, 5.41) is 11.9. The molecule has 130 valence electrons. The number of nitrogens with zero attached hydrogens (tertiary/aromatic N) is 1. The average Bonchev–Trinajstić information content (AvgIpc) is 3.23. The van der Waals surface area contributed by atoms with E-state index in [1.54, 1.807) is 6.07 Å². The molecule has 3 rings (SSSR count). The van der Waals surface area contributed by atoms with Gasteiger partial charge in [0, 0.05) is 28.7 Å². The zero-order valence-electron chi connectivity index (χ0n) is 13.2. The second-order valence-electron chi connectivity index (χ2n) is 6.72. The Labute approximate surface area is 148 Å². The van der Waals surface area contributed by atoms with Gasteiger partial charge in [0.05, 0.1) is 6.54 Å². The van der Waals surface area contributed by atoms with Gasteiger partial charge in [-0.2, -0.15) is 0 Å². The van der Waals surface area contributed by atoms with Crippen molar-refractivity contribution in [2.75, 3.05) is 13.1 Å². The molecule has 7 heteroatoms. The lowest BCUT2D eigenvalue weighted by Crippen LogP contribution is -2.55. The third-order valence-corrected chi connectivity index (χ3v) is 5.08. The largest absolute Gasteiger partial charge is 0.480 e. The van der Waals surface area contributed by atoms with E-state index >= 15 is 0 Å². The van der Waals surface area contributed by atoms with Crippen LogP contribution < -0.4 is 5.32 Å². The summed E-state index contributed by atoms with van der Waals surface area (Å²) in [4.78, 5) is 25.2. The van der Waals surface area contributed by atoms with Gasteiger partial charge in [-0.05, 0) is 49.8 Å². The first-order valence-corrected chi connectivity index (χ1v) is 8.93. The Kier molecular flexibility index (Phi) is 5.20. The number of hydrogen-bond donors (Lipinski definition) is 2. The van der Waals surface area contributed by atoms with Crippen molar-refractivity contribution in [1.82, 2.24) is 10.2 Å². The third-order valence-electron chi connectivity index (χ3n) is 4.62. The molecule has 0 atom stereocenters. The van der Waals surface area contributed by atoms with Crippen LogP contribution in [-0.2, 0) is 4.79 Å². The number of carboxylic acids is 1. The first-order valence-electron chi connectivity index (χ1n) is 8.13. The zero-order chi connectivity index (χ0) is 17.3. The molecule has 1 aromatic rings. The van der Waals surface area contributed by atoms with Crippen LogP contribution >= 0.6 is 15.9 Å². The lowest BCUT2D eigenvalue weighted by molar-refractivity contribution is -0.139. The second-order valence-corrected chi connectivity index (χ2v) is 7.64. The van der Waals surface area contributed by atoms with Gasteiger partial charge in [0.25, 0.3) is 5.91 Å². The molecule has 2 aliphatic carbocycles. The van der Waals surface area contributed by atoms with Gasteiger partial charge in [-0.25, -0.2) is 4.39 Å². The van der Waals surface area contributed by atoms with Crippen LogP contribution in [0.15, 0.2) is 22.7 Å². The van der Waals surface area contributed by atoms with Crippen molar-refractivity contribution in [2.24, 2.45) is 5.92 Å². The number of hydrogen-bond acceptors (Lipinski definition) is 3. The summed E-state index contributed by atoms with van der Waals surface area (Å²) in [6.07, 6.45) is 3.83. The van der Waals surface area contributed by atoms with E-state index in [0.29, 0.717) is 10.4 Å². The molecule has 0 unspecified atom stereocenters. The molecule has 2 N–H and O–H groups in total. The Hall–Kier alpha value is -1.47. The normalized spacial score (nSPS) is 23.0. The topological polar surface area (TPSA) is 69.6 Å². The molecule has 0 heterocycles. The van der Waals surface area contributed by atoms with E-state index < -0.39 is 11.8 Å². The van der Waals surface area contributed by atoms with Crippen molar-refractivity contribution in [3.63, 3.8) is 0 Å². The number of carbonyl (C=O) groups excluding carboxylic acids is 1. The SMILES string of the molecule is O=C(O)CN(CC1CC1)C1CC(NC(=O)c2cc(F)cc(Br)c2)C1. The summed E-state index contributed by atoms with van der Waals surface area (Å²) in [5.74, 6) is -0.945. The minimum absolute atomic E-state index is 0.0139. The molecule has 2 saturated carbocycles. The summed E-state index contributed by atoms with van der Waals surface area (Å²) < 4.78 is 13.9. The smallest absolute Gasteiger partial charge is 0.317 e. The Bertz CT molecular complexity index is 624. The van der Waals surface area contributed by atoms with Gasteiger partial charge in [-0.3, -0.25) is 14.5 Å². The minimum Gasteiger partial charge on any atom is -0.480 e. The predicted octanol–water partition coefficient (Wildman–Crippen LogP) is 2.65. The van der Waals surface area contributed by atoms with Crippen LogP contribution in [-0.4, -0.2) is 47.1 Å². The van der Waals surface area contributed by atoms with E-state index in [0.717, 1.165) is 19.4 Å². The fourth-order valence-electron chi connectivity index (χ4n) is 3.11. The molecule has 0 bridgehead atoms. The summed E-state index contributed by atoms with van der Waals surface area (Å²) in [6, 6.07) is 4.31. The van der Waals surface area contributed by atoms with Crippen molar-refractivity contribution < 1.29 is 19.1 Å². The monoisotopic (exact) mass is 398 g/mol. The van der Waals surface area contributed by atoms with Crippen molar-refractivity contribution in [1.29, 1.82) is 0 Å². The number of benzene rings is 1. The van der Waals surface area contributed by atoms with E-state index in [1.807, 2.05) is 4.90 Å². The van der Waals surface area contributed by atoms with Crippen molar-refractivity contribution >= 4 is 27.8 Å². The van der Waals surface area contributed by atoms with Crippen LogP contribution in [0.1, 0.15) is 36.0 Å². The molecule has 0 saturated heterocycles. The minimum atomic E-state index is -0.812. The molecule has 0 aromatic heterocycles. The van der Waals surface area contributed by atoms with Crippen LogP contribution in [0.2, 0.25) is 0 Å². The van der Waals surface area contributed by atoms with Gasteiger partial charge in [0.15, 0.2) is 0 Å². The van der Waals surface area contributed by atoms with E-state index in [1.165, 1.54) is 25.0 Å². The number of rotatable bonds is 7. The fourth-order valence-corrected chi connectivity index (χ4v) is 3.57. The third kappa shape index (κ3) is 4.54. The molecule has 1 aromatic carbocycles. The summed E-state index contributed by atoms with van der Waals surface area (Å²) in [6.45, 7) is 0.882.